The summed E-state index contributed by atoms with van der Waals surface area (Å²) < 4.78 is 32.4. The van der Waals surface area contributed by atoms with E-state index in [1.54, 1.807) is 23.1 Å². The van der Waals surface area contributed by atoms with E-state index >= 15 is 0 Å². The highest BCUT2D eigenvalue weighted by Gasteiger charge is 2.39. The van der Waals surface area contributed by atoms with E-state index in [1.165, 1.54) is 24.3 Å². The van der Waals surface area contributed by atoms with Gasteiger partial charge in [-0.3, -0.25) is 0 Å². The summed E-state index contributed by atoms with van der Waals surface area (Å²) in [6, 6.07) is 20.4. The third kappa shape index (κ3) is 4.16. The maximum atomic E-state index is 13.3. The van der Waals surface area contributed by atoms with Crippen LogP contribution >= 0.6 is 34.8 Å². The molecule has 153 valence electrons. The fourth-order valence-electron chi connectivity index (χ4n) is 3.14. The van der Waals surface area contributed by atoms with E-state index in [2.05, 4.69) is 6.26 Å². The molecule has 0 bridgehead atoms. The normalized spacial score (nSPS) is 16.3. The number of sulfone groups is 1. The summed E-state index contributed by atoms with van der Waals surface area (Å²) in [7, 11) is -3.91. The molecular weight excluding hydrogens is 465 g/mol. The van der Waals surface area contributed by atoms with Crippen LogP contribution in [0.4, 0.5) is 0 Å². The van der Waals surface area contributed by atoms with Crippen molar-refractivity contribution in [3.05, 3.63) is 110 Å². The summed E-state index contributed by atoms with van der Waals surface area (Å²) in [5.41, 5.74) is 1.49. The second-order valence-corrected chi connectivity index (χ2v) is 9.76. The highest BCUT2D eigenvalue weighted by atomic mass is 35.5. The lowest BCUT2D eigenvalue weighted by atomic mass is 10.1. The lowest BCUT2D eigenvalue weighted by Crippen LogP contribution is -2.28. The van der Waals surface area contributed by atoms with Crippen molar-refractivity contribution in [2.45, 2.75) is 17.7 Å². The highest BCUT2D eigenvalue weighted by Crippen LogP contribution is 2.40. The Hall–Kier alpha value is -2.18. The van der Waals surface area contributed by atoms with Crippen LogP contribution in [0.2, 0.25) is 15.1 Å². The molecule has 1 aliphatic rings. The maximum Gasteiger partial charge on any atom is 0.225 e. The van der Waals surface area contributed by atoms with E-state index < -0.39 is 16.1 Å². The number of ether oxygens (including phenoxy) is 1. The van der Waals surface area contributed by atoms with Crippen molar-refractivity contribution in [2.75, 3.05) is 0 Å². The Balaban J connectivity index is 1.76. The SMILES string of the molecule is O=S(=O)(C1=[C]OC(c2ccc(Cl)cc2Cl)N1Cc1ccccc1)c1ccc(Cl)cc1. The van der Waals surface area contributed by atoms with Gasteiger partial charge in [-0.25, -0.2) is 8.42 Å². The lowest BCUT2D eigenvalue weighted by Gasteiger charge is -2.28. The third-order valence-corrected chi connectivity index (χ3v) is 7.14. The summed E-state index contributed by atoms with van der Waals surface area (Å²) >= 11 is 18.3. The summed E-state index contributed by atoms with van der Waals surface area (Å²) in [4.78, 5) is 1.72. The van der Waals surface area contributed by atoms with Gasteiger partial charge in [0, 0.05) is 22.2 Å². The van der Waals surface area contributed by atoms with Crippen molar-refractivity contribution >= 4 is 44.6 Å². The zero-order chi connectivity index (χ0) is 21.3. The van der Waals surface area contributed by atoms with Crippen LogP contribution in [-0.4, -0.2) is 13.3 Å². The Morgan fingerprint density at radius 1 is 0.900 bits per heavy atom. The Kier molecular flexibility index (Phi) is 5.98. The molecule has 3 aromatic rings. The zero-order valence-corrected chi connectivity index (χ0v) is 18.5. The molecule has 0 fully saturated rings. The monoisotopic (exact) mass is 478 g/mol. The summed E-state index contributed by atoms with van der Waals surface area (Å²) in [5.74, 6) is 0. The average molecular weight is 480 g/mol. The molecule has 1 aliphatic heterocycles. The maximum absolute atomic E-state index is 13.3. The molecule has 0 spiro atoms. The minimum Gasteiger partial charge on any atom is -0.459 e. The van der Waals surface area contributed by atoms with Gasteiger partial charge in [0.25, 0.3) is 0 Å². The first-order valence-corrected chi connectivity index (χ1v) is 11.5. The van der Waals surface area contributed by atoms with Crippen molar-refractivity contribution in [1.29, 1.82) is 0 Å². The summed E-state index contributed by atoms with van der Waals surface area (Å²) in [5, 5.41) is 1.21. The van der Waals surface area contributed by atoms with Crippen molar-refractivity contribution in [1.82, 2.24) is 4.90 Å². The first-order chi connectivity index (χ1) is 14.4. The number of nitrogens with zero attached hydrogens (tertiary/aromatic N) is 1. The first-order valence-electron chi connectivity index (χ1n) is 8.91. The molecule has 0 aliphatic carbocycles. The first kappa shape index (κ1) is 21.1. The molecule has 30 heavy (non-hydrogen) atoms. The van der Waals surface area contributed by atoms with E-state index in [0.29, 0.717) is 20.6 Å². The topological polar surface area (TPSA) is 46.6 Å². The Bertz CT molecular complexity index is 1200. The van der Waals surface area contributed by atoms with Gasteiger partial charge in [0.2, 0.25) is 22.3 Å². The van der Waals surface area contributed by atoms with Crippen LogP contribution in [0.25, 0.3) is 0 Å². The van der Waals surface area contributed by atoms with Gasteiger partial charge in [0.05, 0.1) is 9.92 Å². The van der Waals surface area contributed by atoms with Crippen LogP contribution in [0, 0.1) is 6.26 Å². The van der Waals surface area contributed by atoms with Gasteiger partial charge < -0.3 is 9.64 Å². The Labute approximate surface area is 190 Å². The van der Waals surface area contributed by atoms with E-state index in [4.69, 9.17) is 39.5 Å². The van der Waals surface area contributed by atoms with Crippen LogP contribution in [0.3, 0.4) is 0 Å². The fraction of sp³-hybridized carbons (Fsp3) is 0.0909. The molecule has 3 aromatic carbocycles. The van der Waals surface area contributed by atoms with Crippen LogP contribution in [0.1, 0.15) is 17.4 Å². The molecule has 0 aromatic heterocycles. The Morgan fingerprint density at radius 2 is 1.57 bits per heavy atom. The van der Waals surface area contributed by atoms with Crippen molar-refractivity contribution in [3.63, 3.8) is 0 Å². The molecule has 0 saturated carbocycles. The predicted molar refractivity (Wildman–Crippen MR) is 118 cm³/mol. The minimum atomic E-state index is -3.91. The predicted octanol–water partition coefficient (Wildman–Crippen LogP) is 6.25. The van der Waals surface area contributed by atoms with Gasteiger partial charge >= 0.3 is 0 Å². The largest absolute Gasteiger partial charge is 0.459 e. The molecule has 1 radical (unpaired) electrons. The number of halogens is 3. The average Bonchev–Trinajstić information content (AvgIpc) is 3.13. The second kappa shape index (κ2) is 8.52. The summed E-state index contributed by atoms with van der Waals surface area (Å²) in [6.07, 6.45) is 1.83. The minimum absolute atomic E-state index is 0.0790. The lowest BCUT2D eigenvalue weighted by molar-refractivity contribution is 0.0425. The van der Waals surface area contributed by atoms with E-state index in [9.17, 15) is 8.42 Å². The molecule has 1 heterocycles. The number of benzene rings is 3. The van der Waals surface area contributed by atoms with Gasteiger partial charge in [-0.2, -0.15) is 0 Å². The molecule has 0 N–H and O–H groups in total. The fourth-order valence-corrected chi connectivity index (χ4v) is 5.11. The zero-order valence-electron chi connectivity index (χ0n) is 15.4. The molecule has 0 amide bonds. The van der Waals surface area contributed by atoms with E-state index in [1.807, 2.05) is 30.3 Å². The van der Waals surface area contributed by atoms with Gasteiger partial charge in [0.1, 0.15) is 0 Å². The van der Waals surface area contributed by atoms with Crippen LogP contribution in [0.5, 0.6) is 0 Å². The van der Waals surface area contributed by atoms with Crippen LogP contribution in [0.15, 0.2) is 82.7 Å². The Morgan fingerprint density at radius 3 is 2.23 bits per heavy atom. The molecule has 4 nitrogen and oxygen atoms in total. The van der Waals surface area contributed by atoms with Gasteiger partial charge in [0.15, 0.2) is 5.03 Å². The number of hydrogen-bond donors (Lipinski definition) is 0. The van der Waals surface area contributed by atoms with Gasteiger partial charge in [-0.05, 0) is 42.0 Å². The number of rotatable bonds is 5. The van der Waals surface area contributed by atoms with Gasteiger partial charge in [-0.15, -0.1) is 0 Å². The van der Waals surface area contributed by atoms with Crippen LogP contribution in [-0.2, 0) is 21.1 Å². The van der Waals surface area contributed by atoms with Crippen molar-refractivity contribution in [3.8, 4) is 0 Å². The number of hydrogen-bond acceptors (Lipinski definition) is 4. The summed E-state index contributed by atoms with van der Waals surface area (Å²) in [6.45, 7) is 0.277. The van der Waals surface area contributed by atoms with E-state index in [0.717, 1.165) is 5.56 Å². The molecule has 8 heteroatoms. The van der Waals surface area contributed by atoms with E-state index in [-0.39, 0.29) is 16.5 Å². The molecule has 1 atom stereocenters. The standard InChI is InChI=1S/C22H15Cl3NO3S/c23-16-6-9-18(10-7-16)30(27,28)21-14-29-22(19-11-8-17(24)12-20(19)25)26(21)13-15-4-2-1-3-5-15/h1-12,22H,13H2. The van der Waals surface area contributed by atoms with Gasteiger partial charge in [-0.1, -0.05) is 71.2 Å². The van der Waals surface area contributed by atoms with Crippen molar-refractivity contribution < 1.29 is 13.2 Å². The second-order valence-electron chi connectivity index (χ2n) is 6.61. The molecule has 0 saturated heterocycles. The van der Waals surface area contributed by atoms with Crippen molar-refractivity contribution in [2.24, 2.45) is 0 Å². The smallest absolute Gasteiger partial charge is 0.225 e. The molecule has 4 rings (SSSR count). The molecule has 1 unspecified atom stereocenters. The molecular formula is C22H15Cl3NO3S. The quantitative estimate of drug-likeness (QED) is 0.434. The van der Waals surface area contributed by atoms with Crippen LogP contribution < -0.4 is 0 Å². The highest BCUT2D eigenvalue weighted by molar-refractivity contribution is 7.95. The third-order valence-electron chi connectivity index (χ3n) is 4.60.